The van der Waals surface area contributed by atoms with Gasteiger partial charge in [0.1, 0.15) is 11.6 Å². The van der Waals surface area contributed by atoms with Gasteiger partial charge in [0.15, 0.2) is 5.65 Å². The number of alkyl halides is 2. The van der Waals surface area contributed by atoms with Gasteiger partial charge in [0.05, 0.1) is 13.2 Å². The maximum atomic E-state index is 12.7. The molecule has 1 aliphatic heterocycles. The number of nitrogens with zero attached hydrogens (tertiary/aromatic N) is 6. The second kappa shape index (κ2) is 8.83. The number of aromatic nitrogens is 5. The van der Waals surface area contributed by atoms with E-state index < -0.39 is 6.61 Å². The van der Waals surface area contributed by atoms with E-state index in [2.05, 4.69) is 29.8 Å². The van der Waals surface area contributed by atoms with Crippen molar-refractivity contribution < 1.29 is 18.3 Å². The van der Waals surface area contributed by atoms with Crippen molar-refractivity contribution in [2.24, 2.45) is 0 Å². The quantitative estimate of drug-likeness (QED) is 0.457. The summed E-state index contributed by atoms with van der Waals surface area (Å²) in [6.45, 7) is -0.00991. The molecule has 5 rings (SSSR count). The predicted octanol–water partition coefficient (Wildman–Crippen LogP) is 3.22. The molecule has 164 valence electrons. The van der Waals surface area contributed by atoms with Gasteiger partial charge in [-0.2, -0.15) is 8.78 Å². The molecular weight excluding hydrogens is 418 g/mol. The molecule has 1 saturated heterocycles. The maximum absolute atomic E-state index is 12.7. The number of rotatable bonds is 6. The summed E-state index contributed by atoms with van der Waals surface area (Å²) in [5, 5.41) is 8.43. The minimum Gasteiger partial charge on any atom is -0.435 e. The van der Waals surface area contributed by atoms with Gasteiger partial charge in [-0.25, -0.2) is 9.97 Å². The normalized spacial score (nSPS) is 14.3. The van der Waals surface area contributed by atoms with Gasteiger partial charge >= 0.3 is 6.61 Å². The summed E-state index contributed by atoms with van der Waals surface area (Å²) in [6, 6.07) is 10.5. The largest absolute Gasteiger partial charge is 0.435 e. The van der Waals surface area contributed by atoms with E-state index >= 15 is 0 Å². The number of anilines is 1. The van der Waals surface area contributed by atoms with E-state index in [1.807, 2.05) is 22.7 Å². The highest BCUT2D eigenvalue weighted by molar-refractivity contribution is 5.63. The van der Waals surface area contributed by atoms with Crippen LogP contribution in [-0.4, -0.2) is 57.5 Å². The van der Waals surface area contributed by atoms with Crippen molar-refractivity contribution in [3.05, 3.63) is 66.4 Å². The van der Waals surface area contributed by atoms with Crippen molar-refractivity contribution in [1.29, 1.82) is 0 Å². The Morgan fingerprint density at radius 3 is 2.53 bits per heavy atom. The standard InChI is InChI=1S/C22H20F2N6O2/c23-21(24)32-18-4-2-1-3-15(18)11-20-28-27-19-6-5-16(14-30(19)20)17-12-25-22(26-13-17)29-7-9-31-10-8-29/h1-6,12-14,21H,7-11H2. The third kappa shape index (κ3) is 4.22. The molecule has 0 atom stereocenters. The Bertz CT molecular complexity index is 1210. The molecule has 3 aromatic heterocycles. The third-order valence-corrected chi connectivity index (χ3v) is 5.28. The highest BCUT2D eigenvalue weighted by Crippen LogP contribution is 2.25. The van der Waals surface area contributed by atoms with Crippen molar-refractivity contribution >= 4 is 11.6 Å². The SMILES string of the molecule is FC(F)Oc1ccccc1Cc1nnc2ccc(-c3cnc(N4CCOCC4)nc3)cn12. The lowest BCUT2D eigenvalue weighted by molar-refractivity contribution is -0.0504. The van der Waals surface area contributed by atoms with E-state index in [0.29, 0.717) is 42.6 Å². The van der Waals surface area contributed by atoms with Crippen LogP contribution >= 0.6 is 0 Å². The Morgan fingerprint density at radius 1 is 0.969 bits per heavy atom. The van der Waals surface area contributed by atoms with E-state index in [4.69, 9.17) is 4.74 Å². The molecule has 4 heterocycles. The molecule has 8 nitrogen and oxygen atoms in total. The van der Waals surface area contributed by atoms with E-state index in [-0.39, 0.29) is 5.75 Å². The van der Waals surface area contributed by atoms with E-state index in [9.17, 15) is 8.78 Å². The molecule has 0 aliphatic carbocycles. The van der Waals surface area contributed by atoms with Crippen LogP contribution in [0.15, 0.2) is 55.0 Å². The second-order valence-electron chi connectivity index (χ2n) is 7.30. The van der Waals surface area contributed by atoms with Gasteiger partial charge < -0.3 is 14.4 Å². The van der Waals surface area contributed by atoms with Crippen molar-refractivity contribution in [1.82, 2.24) is 24.6 Å². The van der Waals surface area contributed by atoms with Crippen LogP contribution in [0.2, 0.25) is 0 Å². The van der Waals surface area contributed by atoms with Crippen LogP contribution < -0.4 is 9.64 Å². The molecule has 1 fully saturated rings. The topological polar surface area (TPSA) is 77.7 Å². The number of hydrogen-bond donors (Lipinski definition) is 0. The summed E-state index contributed by atoms with van der Waals surface area (Å²) >= 11 is 0. The second-order valence-corrected chi connectivity index (χ2v) is 7.30. The van der Waals surface area contributed by atoms with E-state index in [1.54, 1.807) is 30.6 Å². The van der Waals surface area contributed by atoms with Crippen molar-refractivity contribution in [2.45, 2.75) is 13.0 Å². The van der Waals surface area contributed by atoms with Gasteiger partial charge in [-0.05, 0) is 18.2 Å². The van der Waals surface area contributed by atoms with E-state index in [0.717, 1.165) is 24.2 Å². The Balaban J connectivity index is 1.42. The zero-order valence-corrected chi connectivity index (χ0v) is 17.1. The van der Waals surface area contributed by atoms with Crippen molar-refractivity contribution in [3.63, 3.8) is 0 Å². The summed E-state index contributed by atoms with van der Waals surface area (Å²) in [4.78, 5) is 11.1. The average molecular weight is 438 g/mol. The molecule has 0 amide bonds. The summed E-state index contributed by atoms with van der Waals surface area (Å²) in [7, 11) is 0. The first kappa shape index (κ1) is 20.3. The minimum absolute atomic E-state index is 0.127. The third-order valence-electron chi connectivity index (χ3n) is 5.28. The lowest BCUT2D eigenvalue weighted by atomic mass is 10.1. The first-order valence-corrected chi connectivity index (χ1v) is 10.2. The number of morpholine rings is 1. The molecule has 0 bridgehead atoms. The van der Waals surface area contributed by atoms with Crippen molar-refractivity contribution in [3.8, 4) is 16.9 Å². The van der Waals surface area contributed by atoms with Crippen molar-refractivity contribution in [2.75, 3.05) is 31.2 Å². The molecule has 10 heteroatoms. The summed E-state index contributed by atoms with van der Waals surface area (Å²) in [6.07, 6.45) is 5.76. The first-order chi connectivity index (χ1) is 15.7. The molecule has 0 saturated carbocycles. The average Bonchev–Trinajstić information content (AvgIpc) is 3.23. The fourth-order valence-electron chi connectivity index (χ4n) is 3.66. The predicted molar refractivity (Wildman–Crippen MR) is 113 cm³/mol. The zero-order chi connectivity index (χ0) is 21.9. The van der Waals surface area contributed by atoms with Crippen LogP contribution in [0.5, 0.6) is 5.75 Å². The van der Waals surface area contributed by atoms with Gasteiger partial charge in [0.25, 0.3) is 0 Å². The van der Waals surface area contributed by atoms with E-state index in [1.165, 1.54) is 6.07 Å². The number of para-hydroxylation sites is 1. The number of hydrogen-bond acceptors (Lipinski definition) is 7. The number of ether oxygens (including phenoxy) is 2. The van der Waals surface area contributed by atoms with Crippen LogP contribution in [0.1, 0.15) is 11.4 Å². The highest BCUT2D eigenvalue weighted by Gasteiger charge is 2.15. The van der Waals surface area contributed by atoms with Gasteiger partial charge in [0.2, 0.25) is 5.95 Å². The number of halogens is 2. The number of fused-ring (bicyclic) bond motifs is 1. The Labute approximate surface area is 182 Å². The molecule has 0 radical (unpaired) electrons. The Kier molecular flexibility index (Phi) is 5.59. The van der Waals surface area contributed by atoms with Gasteiger partial charge in [-0.1, -0.05) is 18.2 Å². The van der Waals surface area contributed by atoms with Crippen LogP contribution in [-0.2, 0) is 11.2 Å². The Morgan fingerprint density at radius 2 is 1.75 bits per heavy atom. The number of benzene rings is 1. The Hall–Kier alpha value is -3.66. The molecule has 0 unspecified atom stereocenters. The van der Waals surface area contributed by atoms with Crippen LogP contribution in [0, 0.1) is 0 Å². The van der Waals surface area contributed by atoms with Crippen LogP contribution in [0.4, 0.5) is 14.7 Å². The van der Waals surface area contributed by atoms with Crippen LogP contribution in [0.25, 0.3) is 16.8 Å². The minimum atomic E-state index is -2.89. The summed E-state index contributed by atoms with van der Waals surface area (Å²) in [5.74, 6) is 1.42. The smallest absolute Gasteiger partial charge is 0.387 e. The van der Waals surface area contributed by atoms with Gasteiger partial charge in [-0.3, -0.25) is 4.40 Å². The highest BCUT2D eigenvalue weighted by atomic mass is 19.3. The molecular formula is C22H20F2N6O2. The molecule has 1 aromatic carbocycles. The zero-order valence-electron chi connectivity index (χ0n) is 17.1. The summed E-state index contributed by atoms with van der Waals surface area (Å²) in [5.41, 5.74) is 3.00. The van der Waals surface area contributed by atoms with Gasteiger partial charge in [-0.15, -0.1) is 10.2 Å². The molecule has 0 spiro atoms. The summed E-state index contributed by atoms with van der Waals surface area (Å²) < 4.78 is 37.3. The lowest BCUT2D eigenvalue weighted by Gasteiger charge is -2.26. The fraction of sp³-hybridized carbons (Fsp3) is 0.273. The van der Waals surface area contributed by atoms with Gasteiger partial charge in [0, 0.05) is 54.8 Å². The first-order valence-electron chi connectivity index (χ1n) is 10.2. The number of pyridine rings is 1. The molecule has 0 N–H and O–H groups in total. The molecule has 32 heavy (non-hydrogen) atoms. The fourth-order valence-corrected chi connectivity index (χ4v) is 3.66. The molecule has 1 aliphatic rings. The molecule has 4 aromatic rings. The maximum Gasteiger partial charge on any atom is 0.387 e. The van der Waals surface area contributed by atoms with Crippen LogP contribution in [0.3, 0.4) is 0 Å². The monoisotopic (exact) mass is 438 g/mol. The lowest BCUT2D eigenvalue weighted by Crippen LogP contribution is -2.37.